The van der Waals surface area contributed by atoms with E-state index in [-0.39, 0.29) is 23.0 Å². The maximum absolute atomic E-state index is 11.5. The van der Waals surface area contributed by atoms with Gasteiger partial charge in [0.1, 0.15) is 11.7 Å². The third-order valence-electron chi connectivity index (χ3n) is 3.07. The van der Waals surface area contributed by atoms with E-state index in [9.17, 15) is 14.7 Å². The molecule has 1 aliphatic heterocycles. The molecule has 1 fully saturated rings. The minimum absolute atomic E-state index is 0.126. The van der Waals surface area contributed by atoms with Crippen molar-refractivity contribution in [2.24, 2.45) is 11.8 Å². The van der Waals surface area contributed by atoms with Gasteiger partial charge in [-0.25, -0.2) is 0 Å². The molecule has 5 heteroatoms. The van der Waals surface area contributed by atoms with E-state index in [0.717, 1.165) is 6.42 Å². The van der Waals surface area contributed by atoms with Crippen molar-refractivity contribution < 1.29 is 14.7 Å². The molecule has 0 saturated carbocycles. The van der Waals surface area contributed by atoms with Gasteiger partial charge in [0.15, 0.2) is 0 Å². The van der Waals surface area contributed by atoms with Crippen molar-refractivity contribution in [3.63, 3.8) is 0 Å². The molecule has 0 radical (unpaired) electrons. The third-order valence-corrected chi connectivity index (χ3v) is 3.49. The number of carbonyl (C=O) groups is 2. The quantitative estimate of drug-likeness (QED) is 0.505. The first-order valence-corrected chi connectivity index (χ1v) is 6.51. The molecule has 1 saturated heterocycles. The Bertz CT molecular complexity index is 306. The van der Waals surface area contributed by atoms with Crippen LogP contribution in [0.25, 0.3) is 0 Å². The van der Waals surface area contributed by atoms with E-state index in [4.69, 9.17) is 0 Å². The monoisotopic (exact) mass is 259 g/mol. The minimum Gasteiger partial charge on any atom is -0.390 e. The summed E-state index contributed by atoms with van der Waals surface area (Å²) in [5, 5.41) is 12.7. The summed E-state index contributed by atoms with van der Waals surface area (Å²) in [4.78, 5) is 22.8. The van der Waals surface area contributed by atoms with Crippen LogP contribution >= 0.6 is 12.6 Å². The molecule has 1 heterocycles. The number of rotatable bonds is 5. The number of aliphatic hydroxyl groups excluding tert-OH is 1. The molecule has 4 unspecified atom stereocenters. The number of thiol groups is 1. The molecule has 98 valence electrons. The normalized spacial score (nSPS) is 30.5. The number of Topliss-reactive ketones (excluding diaryl/α,β-unsaturated/α-hetero) is 1. The molecular formula is C12H21NO3S. The van der Waals surface area contributed by atoms with Crippen molar-refractivity contribution in [2.45, 2.75) is 51.0 Å². The van der Waals surface area contributed by atoms with Gasteiger partial charge in [-0.05, 0) is 25.7 Å². The van der Waals surface area contributed by atoms with Crippen molar-refractivity contribution in [3.8, 4) is 0 Å². The lowest BCUT2D eigenvalue weighted by atomic mass is 9.94. The lowest BCUT2D eigenvalue weighted by Gasteiger charge is -2.20. The molecule has 0 aliphatic carbocycles. The molecule has 0 spiro atoms. The smallest absolute Gasteiger partial charge is 0.233 e. The zero-order valence-electron chi connectivity index (χ0n) is 10.5. The highest BCUT2D eigenvalue weighted by molar-refractivity contribution is 7.80. The summed E-state index contributed by atoms with van der Waals surface area (Å²) in [6, 6.07) is -0.349. The summed E-state index contributed by atoms with van der Waals surface area (Å²) in [7, 11) is 0. The van der Waals surface area contributed by atoms with Crippen LogP contribution in [-0.4, -0.2) is 34.2 Å². The van der Waals surface area contributed by atoms with Crippen molar-refractivity contribution in [1.29, 1.82) is 0 Å². The van der Waals surface area contributed by atoms with Crippen LogP contribution in [0.5, 0.6) is 0 Å². The van der Waals surface area contributed by atoms with Crippen molar-refractivity contribution in [3.05, 3.63) is 0 Å². The van der Waals surface area contributed by atoms with Crippen LogP contribution in [0.1, 0.15) is 33.6 Å². The summed E-state index contributed by atoms with van der Waals surface area (Å²) < 4.78 is 0. The molecule has 4 atom stereocenters. The number of nitrogens with one attached hydrogen (secondary N) is 1. The SMILES string of the molecule is CC(=O)C1C(=O)NC(CC(S)CC(C)C)C1O. The summed E-state index contributed by atoms with van der Waals surface area (Å²) in [6.07, 6.45) is 0.604. The van der Waals surface area contributed by atoms with Crippen LogP contribution < -0.4 is 5.32 Å². The Kier molecular flexibility index (Phi) is 5.01. The van der Waals surface area contributed by atoms with E-state index in [1.165, 1.54) is 6.92 Å². The summed E-state index contributed by atoms with van der Waals surface area (Å²) in [6.45, 7) is 5.54. The van der Waals surface area contributed by atoms with Crippen molar-refractivity contribution in [2.75, 3.05) is 0 Å². The fourth-order valence-corrected chi connectivity index (χ4v) is 2.95. The van der Waals surface area contributed by atoms with Crippen molar-refractivity contribution >= 4 is 24.3 Å². The van der Waals surface area contributed by atoms with Gasteiger partial charge in [-0.1, -0.05) is 13.8 Å². The highest BCUT2D eigenvalue weighted by Gasteiger charge is 2.44. The van der Waals surface area contributed by atoms with Gasteiger partial charge in [-0.3, -0.25) is 9.59 Å². The first-order chi connectivity index (χ1) is 7.82. The Balaban J connectivity index is 2.57. The number of hydrogen-bond donors (Lipinski definition) is 3. The van der Waals surface area contributed by atoms with E-state index in [1.54, 1.807) is 0 Å². The highest BCUT2D eigenvalue weighted by atomic mass is 32.1. The van der Waals surface area contributed by atoms with Gasteiger partial charge >= 0.3 is 0 Å². The Labute approximate surface area is 108 Å². The Morgan fingerprint density at radius 1 is 1.53 bits per heavy atom. The Morgan fingerprint density at radius 2 is 2.12 bits per heavy atom. The van der Waals surface area contributed by atoms with Crippen LogP contribution in [0.2, 0.25) is 0 Å². The fraction of sp³-hybridized carbons (Fsp3) is 0.833. The zero-order valence-corrected chi connectivity index (χ0v) is 11.4. The predicted molar refractivity (Wildman–Crippen MR) is 69.0 cm³/mol. The molecule has 1 amide bonds. The number of hydrogen-bond acceptors (Lipinski definition) is 4. The maximum Gasteiger partial charge on any atom is 0.233 e. The van der Waals surface area contributed by atoms with Gasteiger partial charge in [-0.15, -0.1) is 0 Å². The first-order valence-electron chi connectivity index (χ1n) is 6.00. The molecule has 2 N–H and O–H groups in total. The third kappa shape index (κ3) is 3.71. The lowest BCUT2D eigenvalue weighted by molar-refractivity contribution is -0.132. The molecule has 0 bridgehead atoms. The largest absolute Gasteiger partial charge is 0.390 e. The van der Waals surface area contributed by atoms with E-state index >= 15 is 0 Å². The lowest BCUT2D eigenvalue weighted by Crippen LogP contribution is -2.35. The average Bonchev–Trinajstić information content (AvgIpc) is 2.39. The number of carbonyl (C=O) groups excluding carboxylic acids is 2. The maximum atomic E-state index is 11.5. The zero-order chi connectivity index (χ0) is 13.2. The second-order valence-corrected chi connectivity index (χ2v) is 5.94. The highest BCUT2D eigenvalue weighted by Crippen LogP contribution is 2.24. The van der Waals surface area contributed by atoms with Crippen molar-refractivity contribution in [1.82, 2.24) is 5.32 Å². The number of amides is 1. The molecule has 0 aromatic rings. The van der Waals surface area contributed by atoms with Crippen LogP contribution in [-0.2, 0) is 9.59 Å². The van der Waals surface area contributed by atoms with E-state index < -0.39 is 12.0 Å². The van der Waals surface area contributed by atoms with E-state index in [2.05, 4.69) is 31.8 Å². The van der Waals surface area contributed by atoms with Crippen LogP contribution in [0.3, 0.4) is 0 Å². The Hall–Kier alpha value is -0.550. The Morgan fingerprint density at radius 3 is 2.53 bits per heavy atom. The standard InChI is InChI=1S/C12H21NO3S/c1-6(2)4-8(17)5-9-11(15)10(7(3)14)12(16)13-9/h6,8-11,15,17H,4-5H2,1-3H3,(H,13,16). The van der Waals surface area contributed by atoms with Gasteiger partial charge in [-0.2, -0.15) is 12.6 Å². The van der Waals surface area contributed by atoms with Crippen LogP contribution in [0.15, 0.2) is 0 Å². The fourth-order valence-electron chi connectivity index (χ4n) is 2.30. The first kappa shape index (κ1) is 14.5. The molecule has 4 nitrogen and oxygen atoms in total. The minimum atomic E-state index is -0.915. The molecule has 17 heavy (non-hydrogen) atoms. The summed E-state index contributed by atoms with van der Waals surface area (Å²) >= 11 is 4.45. The second kappa shape index (κ2) is 5.87. The van der Waals surface area contributed by atoms with E-state index in [1.807, 2.05) is 0 Å². The van der Waals surface area contributed by atoms with Gasteiger partial charge < -0.3 is 10.4 Å². The molecule has 0 aromatic carbocycles. The van der Waals surface area contributed by atoms with E-state index in [0.29, 0.717) is 12.3 Å². The molecule has 1 rings (SSSR count). The van der Waals surface area contributed by atoms with Gasteiger partial charge in [0.2, 0.25) is 5.91 Å². The topological polar surface area (TPSA) is 66.4 Å². The van der Waals surface area contributed by atoms with Crippen LogP contribution in [0, 0.1) is 11.8 Å². The summed E-state index contributed by atoms with van der Waals surface area (Å²) in [5.74, 6) is -1.02. The molecular weight excluding hydrogens is 238 g/mol. The molecule has 0 aromatic heterocycles. The van der Waals surface area contributed by atoms with Gasteiger partial charge in [0.05, 0.1) is 12.1 Å². The molecule has 1 aliphatic rings. The summed E-state index contributed by atoms with van der Waals surface area (Å²) in [5.41, 5.74) is 0. The van der Waals surface area contributed by atoms with Gasteiger partial charge in [0.25, 0.3) is 0 Å². The van der Waals surface area contributed by atoms with Crippen LogP contribution in [0.4, 0.5) is 0 Å². The number of ketones is 1. The number of aliphatic hydroxyl groups is 1. The van der Waals surface area contributed by atoms with Gasteiger partial charge in [0, 0.05) is 5.25 Å². The average molecular weight is 259 g/mol. The predicted octanol–water partition coefficient (Wildman–Crippen LogP) is 0.785. The second-order valence-electron chi connectivity index (χ2n) is 5.21.